The maximum Gasteiger partial charge on any atom is 0.422 e. The molecule has 7 heteroatoms. The van der Waals surface area contributed by atoms with E-state index in [9.17, 15) is 30.7 Å². The Morgan fingerprint density at radius 2 is 0.885 bits per heavy atom. The molecule has 0 saturated carbocycles. The van der Waals surface area contributed by atoms with Crippen molar-refractivity contribution in [3.8, 4) is 22.3 Å². The Morgan fingerprint density at radius 1 is 0.462 bits per heavy atom. The zero-order chi connectivity index (χ0) is 19.1. The minimum atomic E-state index is -5.14. The molecule has 0 saturated heterocycles. The van der Waals surface area contributed by atoms with Crippen LogP contribution in [0.5, 0.6) is 0 Å². The van der Waals surface area contributed by atoms with E-state index in [1.807, 2.05) is 0 Å². The monoisotopic (exact) mass is 370 g/mol. The van der Waals surface area contributed by atoms with Crippen LogP contribution < -0.4 is 0 Å². The van der Waals surface area contributed by atoms with Gasteiger partial charge in [0.1, 0.15) is 17.2 Å². The van der Waals surface area contributed by atoms with Crippen molar-refractivity contribution in [1.29, 1.82) is 0 Å². The van der Waals surface area contributed by atoms with Gasteiger partial charge in [0, 0.05) is 0 Å². The largest absolute Gasteiger partial charge is 0.422 e. The lowest BCUT2D eigenvalue weighted by Gasteiger charge is -2.11. The van der Waals surface area contributed by atoms with Crippen LogP contribution in [0.4, 0.5) is 30.7 Å². The summed E-state index contributed by atoms with van der Waals surface area (Å²) in [6.07, 6.45) is -5.14. The van der Waals surface area contributed by atoms with Crippen molar-refractivity contribution in [3.05, 3.63) is 83.4 Å². The van der Waals surface area contributed by atoms with Crippen molar-refractivity contribution in [1.82, 2.24) is 0 Å². The van der Waals surface area contributed by atoms with Crippen LogP contribution in [0.3, 0.4) is 0 Å². The molecule has 3 aromatic rings. The Bertz CT molecular complexity index is 934. The zero-order valence-electron chi connectivity index (χ0n) is 12.8. The lowest BCUT2D eigenvalue weighted by Crippen LogP contribution is -2.11. The molecular weight excluding hydrogens is 361 g/mol. The average molecular weight is 370 g/mol. The first-order valence-corrected chi connectivity index (χ1v) is 7.29. The normalized spacial score (nSPS) is 11.7. The van der Waals surface area contributed by atoms with Gasteiger partial charge < -0.3 is 0 Å². The number of rotatable bonds is 2. The molecular formula is C19H9F7. The highest BCUT2D eigenvalue weighted by Gasteiger charge is 2.37. The third kappa shape index (κ3) is 3.42. The average Bonchev–Trinajstić information content (AvgIpc) is 2.55. The molecule has 0 aliphatic rings. The van der Waals surface area contributed by atoms with Crippen molar-refractivity contribution < 1.29 is 30.7 Å². The maximum absolute atomic E-state index is 13.7. The highest BCUT2D eigenvalue weighted by molar-refractivity contribution is 5.70. The van der Waals surface area contributed by atoms with Gasteiger partial charge in [0.2, 0.25) is 0 Å². The molecule has 0 aliphatic carbocycles. The summed E-state index contributed by atoms with van der Waals surface area (Å²) in [6, 6.07) is 10.3. The lowest BCUT2D eigenvalue weighted by atomic mass is 9.99. The van der Waals surface area contributed by atoms with E-state index >= 15 is 0 Å². The van der Waals surface area contributed by atoms with Crippen LogP contribution in [-0.4, -0.2) is 0 Å². The van der Waals surface area contributed by atoms with Crippen molar-refractivity contribution in [2.45, 2.75) is 6.18 Å². The minimum Gasteiger partial charge on any atom is -0.206 e. The van der Waals surface area contributed by atoms with Crippen LogP contribution in [0.2, 0.25) is 0 Å². The van der Waals surface area contributed by atoms with E-state index in [4.69, 9.17) is 0 Å². The van der Waals surface area contributed by atoms with Gasteiger partial charge in [-0.25, -0.2) is 17.6 Å². The summed E-state index contributed by atoms with van der Waals surface area (Å²) >= 11 is 0. The Balaban J connectivity index is 1.97. The Morgan fingerprint density at radius 3 is 1.35 bits per heavy atom. The van der Waals surface area contributed by atoms with Gasteiger partial charge in [0.15, 0.2) is 11.6 Å². The molecule has 0 bridgehead atoms. The molecule has 3 aromatic carbocycles. The minimum absolute atomic E-state index is 0.0789. The van der Waals surface area contributed by atoms with Crippen molar-refractivity contribution in [2.75, 3.05) is 0 Å². The molecule has 0 N–H and O–H groups in total. The molecule has 0 aromatic heterocycles. The predicted octanol–water partition coefficient (Wildman–Crippen LogP) is 6.60. The van der Waals surface area contributed by atoms with Gasteiger partial charge in [-0.15, -0.1) is 0 Å². The molecule has 0 nitrogen and oxygen atoms in total. The van der Waals surface area contributed by atoms with Crippen LogP contribution in [0.25, 0.3) is 22.3 Å². The Labute approximate surface area is 143 Å². The summed E-state index contributed by atoms with van der Waals surface area (Å²) in [5.41, 5.74) is -0.881. The fourth-order valence-electron chi connectivity index (χ4n) is 2.54. The topological polar surface area (TPSA) is 0 Å². The van der Waals surface area contributed by atoms with E-state index in [0.717, 1.165) is 12.1 Å². The third-order valence-corrected chi connectivity index (χ3v) is 3.80. The molecule has 0 amide bonds. The zero-order valence-corrected chi connectivity index (χ0v) is 12.8. The highest BCUT2D eigenvalue weighted by Crippen LogP contribution is 2.36. The second-order valence-electron chi connectivity index (χ2n) is 5.52. The van der Waals surface area contributed by atoms with E-state index in [1.165, 1.54) is 30.3 Å². The second-order valence-corrected chi connectivity index (χ2v) is 5.52. The highest BCUT2D eigenvalue weighted by atomic mass is 19.4. The SMILES string of the molecule is Fc1ccc(-c2ccc(-c3cc(F)c(C(F)(F)F)c(F)c3)cc2)cc1F. The number of hydrogen-bond donors (Lipinski definition) is 0. The number of hydrogen-bond acceptors (Lipinski definition) is 0. The molecule has 0 fully saturated rings. The van der Waals surface area contributed by atoms with E-state index < -0.39 is 35.0 Å². The number of alkyl halides is 3. The summed E-state index contributed by atoms with van der Waals surface area (Å²) in [4.78, 5) is 0. The van der Waals surface area contributed by atoms with Gasteiger partial charge in [0.05, 0.1) is 0 Å². The standard InChI is InChI=1S/C19H9F7/c20-14-6-5-12(7-15(14)21)10-1-3-11(4-2-10)13-8-16(22)18(17(23)9-13)19(24,25)26/h1-9H. The molecule has 3 rings (SSSR count). The second kappa shape index (κ2) is 6.48. The molecule has 0 radical (unpaired) electrons. The van der Waals surface area contributed by atoms with Crippen LogP contribution in [0, 0.1) is 23.3 Å². The predicted molar refractivity (Wildman–Crippen MR) is 82.1 cm³/mol. The van der Waals surface area contributed by atoms with Crippen molar-refractivity contribution >= 4 is 0 Å². The summed E-state index contributed by atoms with van der Waals surface area (Å²) in [5, 5.41) is 0. The van der Waals surface area contributed by atoms with Gasteiger partial charge in [0.25, 0.3) is 0 Å². The van der Waals surface area contributed by atoms with Gasteiger partial charge >= 0.3 is 6.18 Å². The van der Waals surface area contributed by atoms with Crippen LogP contribution in [-0.2, 0) is 6.18 Å². The molecule has 0 spiro atoms. The first-order chi connectivity index (χ1) is 12.2. The van der Waals surface area contributed by atoms with E-state index in [2.05, 4.69) is 0 Å². The maximum atomic E-state index is 13.7. The molecule has 134 valence electrons. The molecule has 0 aliphatic heterocycles. The van der Waals surface area contributed by atoms with Crippen LogP contribution in [0.1, 0.15) is 5.56 Å². The third-order valence-electron chi connectivity index (χ3n) is 3.80. The quantitative estimate of drug-likeness (QED) is 0.446. The van der Waals surface area contributed by atoms with E-state index in [-0.39, 0.29) is 11.1 Å². The number of halogens is 7. The lowest BCUT2D eigenvalue weighted by molar-refractivity contribution is -0.142. The first-order valence-electron chi connectivity index (χ1n) is 7.29. The van der Waals surface area contributed by atoms with Crippen LogP contribution >= 0.6 is 0 Å². The van der Waals surface area contributed by atoms with E-state index in [0.29, 0.717) is 23.3 Å². The van der Waals surface area contributed by atoms with Crippen molar-refractivity contribution in [3.63, 3.8) is 0 Å². The Kier molecular flexibility index (Phi) is 4.48. The summed E-state index contributed by atoms with van der Waals surface area (Å²) < 4.78 is 91.4. The fourth-order valence-corrected chi connectivity index (χ4v) is 2.54. The molecule has 0 unspecified atom stereocenters. The van der Waals surface area contributed by atoms with Crippen LogP contribution in [0.15, 0.2) is 54.6 Å². The fraction of sp³-hybridized carbons (Fsp3) is 0.0526. The summed E-state index contributed by atoms with van der Waals surface area (Å²) in [7, 11) is 0. The Hall–Kier alpha value is -2.83. The first kappa shape index (κ1) is 18.0. The van der Waals surface area contributed by atoms with Crippen molar-refractivity contribution in [2.24, 2.45) is 0 Å². The van der Waals surface area contributed by atoms with Gasteiger partial charge in [-0.2, -0.15) is 13.2 Å². The summed E-state index contributed by atoms with van der Waals surface area (Å²) in [6.45, 7) is 0. The molecule has 0 atom stereocenters. The molecule has 0 heterocycles. The summed E-state index contributed by atoms with van der Waals surface area (Å²) in [5.74, 6) is -5.45. The number of benzene rings is 3. The van der Waals surface area contributed by atoms with Gasteiger partial charge in [-0.05, 0) is 46.5 Å². The smallest absolute Gasteiger partial charge is 0.206 e. The molecule has 26 heavy (non-hydrogen) atoms. The van der Waals surface area contributed by atoms with Gasteiger partial charge in [-0.3, -0.25) is 0 Å². The van der Waals surface area contributed by atoms with E-state index in [1.54, 1.807) is 0 Å². The van der Waals surface area contributed by atoms with Gasteiger partial charge in [-0.1, -0.05) is 30.3 Å².